The van der Waals surface area contributed by atoms with Gasteiger partial charge in [-0.3, -0.25) is 0 Å². The fourth-order valence-corrected chi connectivity index (χ4v) is 2.48. The molecule has 134 valence electrons. The fourth-order valence-electron chi connectivity index (χ4n) is 2.29. The van der Waals surface area contributed by atoms with Crippen LogP contribution in [0.3, 0.4) is 0 Å². The Hall–Kier alpha value is -2.67. The Morgan fingerprint density at radius 2 is 1.60 bits per heavy atom. The Kier molecular flexibility index (Phi) is 6.71. The average Bonchev–Trinajstić information content (AvgIpc) is 2.65. The Balaban J connectivity index is 2.04. The molecule has 0 aromatic heterocycles. The first-order valence-electron chi connectivity index (χ1n) is 7.59. The van der Waals surface area contributed by atoms with Gasteiger partial charge in [-0.25, -0.2) is 0 Å². The average molecular weight is 362 g/mol. The number of nitrogens with one attached hydrogen (secondary N) is 2. The minimum absolute atomic E-state index is 0.483. The molecule has 0 amide bonds. The third-order valence-electron chi connectivity index (χ3n) is 3.51. The number of hydrogen-bond donors (Lipinski definition) is 2. The van der Waals surface area contributed by atoms with Gasteiger partial charge in [0.15, 0.2) is 16.6 Å². The molecule has 0 saturated carbocycles. The van der Waals surface area contributed by atoms with Crippen LogP contribution in [0.25, 0.3) is 0 Å². The first-order valence-corrected chi connectivity index (χ1v) is 8.00. The van der Waals surface area contributed by atoms with Gasteiger partial charge in [-0.15, -0.1) is 0 Å². The number of benzene rings is 2. The normalized spacial score (nSPS) is 9.92. The largest absolute Gasteiger partial charge is 0.497 e. The van der Waals surface area contributed by atoms with Gasteiger partial charge >= 0.3 is 0 Å². The van der Waals surface area contributed by atoms with E-state index < -0.39 is 0 Å². The van der Waals surface area contributed by atoms with E-state index in [1.165, 1.54) is 0 Å². The molecule has 0 aliphatic rings. The quantitative estimate of drug-likeness (QED) is 0.734. The van der Waals surface area contributed by atoms with E-state index in [-0.39, 0.29) is 0 Å². The molecule has 0 fully saturated rings. The van der Waals surface area contributed by atoms with E-state index in [2.05, 4.69) is 10.6 Å². The van der Waals surface area contributed by atoms with Crippen LogP contribution < -0.4 is 29.6 Å². The minimum atomic E-state index is 0.483. The smallest absolute Gasteiger partial charge is 0.203 e. The molecule has 0 aliphatic carbocycles. The number of methoxy groups -OCH3 is 4. The fraction of sp³-hybridized carbons (Fsp3) is 0.278. The maximum absolute atomic E-state index is 5.35. The van der Waals surface area contributed by atoms with Gasteiger partial charge in [-0.1, -0.05) is 12.1 Å². The monoisotopic (exact) mass is 362 g/mol. The summed E-state index contributed by atoms with van der Waals surface area (Å²) in [6.07, 6.45) is 0. The topological polar surface area (TPSA) is 61.0 Å². The number of thiocarbonyl (C=S) groups is 1. The van der Waals surface area contributed by atoms with Crippen LogP contribution in [0, 0.1) is 0 Å². The van der Waals surface area contributed by atoms with Crippen LogP contribution in [0.2, 0.25) is 0 Å². The summed E-state index contributed by atoms with van der Waals surface area (Å²) in [5.74, 6) is 2.45. The number of ether oxygens (including phenoxy) is 4. The molecule has 2 rings (SSSR count). The van der Waals surface area contributed by atoms with E-state index in [4.69, 9.17) is 31.2 Å². The summed E-state index contributed by atoms with van der Waals surface area (Å²) < 4.78 is 21.2. The van der Waals surface area contributed by atoms with Crippen molar-refractivity contribution >= 4 is 23.0 Å². The van der Waals surface area contributed by atoms with Gasteiger partial charge in [-0.05, 0) is 29.9 Å². The summed E-state index contributed by atoms with van der Waals surface area (Å²) in [7, 11) is 6.35. The van der Waals surface area contributed by atoms with Crippen LogP contribution in [0.4, 0.5) is 5.69 Å². The Morgan fingerprint density at radius 3 is 2.16 bits per heavy atom. The lowest BCUT2D eigenvalue weighted by Gasteiger charge is -2.16. The molecule has 0 bridgehead atoms. The van der Waals surface area contributed by atoms with E-state index in [0.29, 0.717) is 28.9 Å². The zero-order valence-electron chi connectivity index (χ0n) is 14.7. The van der Waals surface area contributed by atoms with Crippen molar-refractivity contribution in [1.82, 2.24) is 5.32 Å². The van der Waals surface area contributed by atoms with E-state index in [0.717, 1.165) is 17.0 Å². The number of rotatable bonds is 7. The van der Waals surface area contributed by atoms with Crippen molar-refractivity contribution < 1.29 is 18.9 Å². The van der Waals surface area contributed by atoms with Gasteiger partial charge in [0.05, 0.1) is 28.4 Å². The molecule has 0 radical (unpaired) electrons. The molecule has 2 aromatic carbocycles. The van der Waals surface area contributed by atoms with Gasteiger partial charge in [0.25, 0.3) is 0 Å². The van der Waals surface area contributed by atoms with Gasteiger partial charge < -0.3 is 29.6 Å². The second-order valence-corrected chi connectivity index (χ2v) is 5.48. The molecule has 7 heteroatoms. The maximum atomic E-state index is 5.35. The molecule has 0 saturated heterocycles. The Bertz CT molecular complexity index is 712. The SMILES string of the molecule is COc1cccc(CNC(=S)Nc2cc(OC)c(OC)c(OC)c2)c1. The summed E-state index contributed by atoms with van der Waals surface area (Å²) in [6.45, 7) is 0.577. The molecule has 6 nitrogen and oxygen atoms in total. The van der Waals surface area contributed by atoms with Crippen LogP contribution >= 0.6 is 12.2 Å². The summed E-state index contributed by atoms with van der Waals surface area (Å²) >= 11 is 5.35. The van der Waals surface area contributed by atoms with Gasteiger partial charge in [0.2, 0.25) is 5.75 Å². The van der Waals surface area contributed by atoms with Crippen molar-refractivity contribution in [3.63, 3.8) is 0 Å². The van der Waals surface area contributed by atoms with Gasteiger partial charge in [0.1, 0.15) is 5.75 Å². The molecule has 2 N–H and O–H groups in total. The second kappa shape index (κ2) is 8.98. The van der Waals surface area contributed by atoms with E-state index in [9.17, 15) is 0 Å². The molecule has 0 spiro atoms. The van der Waals surface area contributed by atoms with Crippen LogP contribution in [-0.4, -0.2) is 33.6 Å². The highest BCUT2D eigenvalue weighted by Crippen LogP contribution is 2.39. The van der Waals surface area contributed by atoms with Crippen LogP contribution in [-0.2, 0) is 6.54 Å². The molecule has 0 unspecified atom stereocenters. The molecular weight excluding hydrogens is 340 g/mol. The van der Waals surface area contributed by atoms with Crippen molar-refractivity contribution in [2.24, 2.45) is 0 Å². The lowest BCUT2D eigenvalue weighted by atomic mass is 10.2. The van der Waals surface area contributed by atoms with E-state index in [1.54, 1.807) is 40.6 Å². The van der Waals surface area contributed by atoms with Crippen LogP contribution in [0.15, 0.2) is 36.4 Å². The lowest BCUT2D eigenvalue weighted by molar-refractivity contribution is 0.324. The van der Waals surface area contributed by atoms with E-state index in [1.807, 2.05) is 24.3 Å². The summed E-state index contributed by atoms with van der Waals surface area (Å²) in [6, 6.07) is 11.4. The molecule has 0 aliphatic heterocycles. The highest BCUT2D eigenvalue weighted by atomic mass is 32.1. The predicted molar refractivity (Wildman–Crippen MR) is 102 cm³/mol. The van der Waals surface area contributed by atoms with Gasteiger partial charge in [0, 0.05) is 24.4 Å². The Morgan fingerprint density at radius 1 is 0.920 bits per heavy atom. The Labute approximate surface area is 153 Å². The van der Waals surface area contributed by atoms with Crippen molar-refractivity contribution in [1.29, 1.82) is 0 Å². The highest BCUT2D eigenvalue weighted by Gasteiger charge is 2.13. The van der Waals surface area contributed by atoms with Gasteiger partial charge in [-0.2, -0.15) is 0 Å². The van der Waals surface area contributed by atoms with Crippen molar-refractivity contribution in [2.75, 3.05) is 33.8 Å². The molecule has 0 atom stereocenters. The standard InChI is InChI=1S/C18H22N2O4S/c1-21-14-7-5-6-12(8-14)11-19-18(25)20-13-9-15(22-2)17(24-4)16(10-13)23-3/h5-10H,11H2,1-4H3,(H2,19,20,25). The first kappa shape index (κ1) is 18.7. The van der Waals surface area contributed by atoms with E-state index >= 15 is 0 Å². The molecule has 2 aromatic rings. The molecule has 0 heterocycles. The van der Waals surface area contributed by atoms with Crippen molar-refractivity contribution in [3.05, 3.63) is 42.0 Å². The van der Waals surface area contributed by atoms with Crippen LogP contribution in [0.5, 0.6) is 23.0 Å². The minimum Gasteiger partial charge on any atom is -0.497 e. The van der Waals surface area contributed by atoms with Crippen molar-refractivity contribution in [3.8, 4) is 23.0 Å². The second-order valence-electron chi connectivity index (χ2n) is 5.07. The summed E-state index contributed by atoms with van der Waals surface area (Å²) in [4.78, 5) is 0. The zero-order chi connectivity index (χ0) is 18.2. The molecule has 25 heavy (non-hydrogen) atoms. The first-order chi connectivity index (χ1) is 12.1. The molecular formula is C18H22N2O4S. The lowest BCUT2D eigenvalue weighted by Crippen LogP contribution is -2.27. The highest BCUT2D eigenvalue weighted by molar-refractivity contribution is 7.80. The zero-order valence-corrected chi connectivity index (χ0v) is 15.5. The summed E-state index contributed by atoms with van der Waals surface area (Å²) in [5, 5.41) is 6.75. The number of hydrogen-bond acceptors (Lipinski definition) is 5. The third kappa shape index (κ3) is 4.90. The van der Waals surface area contributed by atoms with Crippen LogP contribution in [0.1, 0.15) is 5.56 Å². The summed E-state index contributed by atoms with van der Waals surface area (Å²) in [5.41, 5.74) is 1.80. The number of anilines is 1. The predicted octanol–water partition coefficient (Wildman–Crippen LogP) is 3.21. The maximum Gasteiger partial charge on any atom is 0.203 e. The van der Waals surface area contributed by atoms with Crippen molar-refractivity contribution in [2.45, 2.75) is 6.54 Å². The third-order valence-corrected chi connectivity index (χ3v) is 3.76.